The maximum atomic E-state index is 13.6. The number of hydrogen-bond donors (Lipinski definition) is 2. The number of likely N-dealkylation sites (tertiary alicyclic amines) is 1. The molecular weight excluding hydrogens is 377 g/mol. The average molecular weight is 401 g/mol. The van der Waals surface area contributed by atoms with Crippen LogP contribution in [0, 0.1) is 18.2 Å². The number of rotatable bonds is 5. The van der Waals surface area contributed by atoms with E-state index in [4.69, 9.17) is 4.74 Å². The SMILES string of the molecule is COc1cc(C)ccc1C(=O)N1CC[C@H](O)[C@](Cc2cccc(F)c2)(C(=O)O)C1. The number of piperidine rings is 1. The number of carbonyl (C=O) groups excluding carboxylic acids is 1. The summed E-state index contributed by atoms with van der Waals surface area (Å²) in [6, 6.07) is 10.8. The van der Waals surface area contributed by atoms with Crippen molar-refractivity contribution in [2.24, 2.45) is 5.41 Å². The molecule has 1 amide bonds. The molecule has 154 valence electrons. The Morgan fingerprint density at radius 2 is 2.03 bits per heavy atom. The largest absolute Gasteiger partial charge is 0.496 e. The first-order chi connectivity index (χ1) is 13.8. The number of aryl methyl sites for hydroxylation is 1. The topological polar surface area (TPSA) is 87.1 Å². The number of hydrogen-bond acceptors (Lipinski definition) is 4. The summed E-state index contributed by atoms with van der Waals surface area (Å²) in [6.45, 7) is 1.91. The number of carboxylic acids is 1. The fraction of sp³-hybridized carbons (Fsp3) is 0.364. The van der Waals surface area contributed by atoms with E-state index in [1.54, 1.807) is 24.3 Å². The van der Waals surface area contributed by atoms with Crippen molar-refractivity contribution in [3.63, 3.8) is 0 Å². The first-order valence-corrected chi connectivity index (χ1v) is 9.36. The maximum Gasteiger partial charge on any atom is 0.314 e. The van der Waals surface area contributed by atoms with E-state index in [0.717, 1.165) is 5.56 Å². The quantitative estimate of drug-likeness (QED) is 0.804. The predicted octanol–water partition coefficient (Wildman–Crippen LogP) is 2.66. The minimum atomic E-state index is -1.63. The van der Waals surface area contributed by atoms with Crippen LogP contribution in [0.4, 0.5) is 4.39 Å². The van der Waals surface area contributed by atoms with Gasteiger partial charge in [-0.2, -0.15) is 0 Å². The molecule has 0 unspecified atom stereocenters. The van der Waals surface area contributed by atoms with Gasteiger partial charge in [0.05, 0.1) is 18.8 Å². The highest BCUT2D eigenvalue weighted by atomic mass is 19.1. The van der Waals surface area contributed by atoms with Gasteiger partial charge in [-0.25, -0.2) is 4.39 Å². The molecule has 0 saturated carbocycles. The van der Waals surface area contributed by atoms with Crippen molar-refractivity contribution in [2.75, 3.05) is 20.2 Å². The Bertz CT molecular complexity index is 931. The van der Waals surface area contributed by atoms with Crippen LogP contribution in [0.5, 0.6) is 5.75 Å². The van der Waals surface area contributed by atoms with Crippen molar-refractivity contribution in [2.45, 2.75) is 25.9 Å². The van der Waals surface area contributed by atoms with Crippen molar-refractivity contribution >= 4 is 11.9 Å². The lowest BCUT2D eigenvalue weighted by Crippen LogP contribution is -2.58. The van der Waals surface area contributed by atoms with Gasteiger partial charge in [-0.15, -0.1) is 0 Å². The highest BCUT2D eigenvalue weighted by Crippen LogP contribution is 2.36. The molecule has 1 saturated heterocycles. The number of ether oxygens (including phenoxy) is 1. The van der Waals surface area contributed by atoms with Crippen molar-refractivity contribution in [1.29, 1.82) is 0 Å². The van der Waals surface area contributed by atoms with Crippen LogP contribution in [0.3, 0.4) is 0 Å². The highest BCUT2D eigenvalue weighted by Gasteiger charge is 2.50. The average Bonchev–Trinajstić information content (AvgIpc) is 2.69. The summed E-state index contributed by atoms with van der Waals surface area (Å²) in [5.74, 6) is -1.65. The Morgan fingerprint density at radius 3 is 2.69 bits per heavy atom. The summed E-state index contributed by atoms with van der Waals surface area (Å²) in [4.78, 5) is 26.8. The number of methoxy groups -OCH3 is 1. The van der Waals surface area contributed by atoms with Gasteiger partial charge in [0.1, 0.15) is 17.0 Å². The molecule has 0 spiro atoms. The van der Waals surface area contributed by atoms with E-state index >= 15 is 0 Å². The first-order valence-electron chi connectivity index (χ1n) is 9.36. The molecule has 1 heterocycles. The van der Waals surface area contributed by atoms with Crippen LogP contribution in [0.2, 0.25) is 0 Å². The Morgan fingerprint density at radius 1 is 1.28 bits per heavy atom. The van der Waals surface area contributed by atoms with E-state index in [2.05, 4.69) is 0 Å². The number of aliphatic hydroxyl groups is 1. The van der Waals surface area contributed by atoms with Gasteiger partial charge in [0.25, 0.3) is 5.91 Å². The zero-order valence-corrected chi connectivity index (χ0v) is 16.4. The third-order valence-corrected chi connectivity index (χ3v) is 5.49. The van der Waals surface area contributed by atoms with Crippen LogP contribution in [-0.4, -0.2) is 53.3 Å². The second-order valence-corrected chi connectivity index (χ2v) is 7.50. The van der Waals surface area contributed by atoms with Gasteiger partial charge in [0.2, 0.25) is 0 Å². The third kappa shape index (κ3) is 4.10. The number of nitrogens with zero attached hydrogens (tertiary/aromatic N) is 1. The number of aliphatic hydroxyl groups excluding tert-OH is 1. The van der Waals surface area contributed by atoms with Crippen LogP contribution >= 0.6 is 0 Å². The van der Waals surface area contributed by atoms with Gasteiger partial charge in [-0.1, -0.05) is 18.2 Å². The van der Waals surface area contributed by atoms with Gasteiger partial charge in [0.15, 0.2) is 0 Å². The van der Waals surface area contributed by atoms with Crippen molar-refractivity contribution < 1.29 is 28.9 Å². The zero-order valence-electron chi connectivity index (χ0n) is 16.4. The van der Waals surface area contributed by atoms with E-state index in [-0.39, 0.29) is 31.8 Å². The smallest absolute Gasteiger partial charge is 0.314 e. The van der Waals surface area contributed by atoms with Gasteiger partial charge in [-0.05, 0) is 55.2 Å². The lowest BCUT2D eigenvalue weighted by molar-refractivity contribution is -0.161. The molecule has 0 aliphatic carbocycles. The summed E-state index contributed by atoms with van der Waals surface area (Å²) in [5.41, 5.74) is 0.0891. The normalized spacial score (nSPS) is 21.7. The number of carboxylic acid groups (broad SMARTS) is 1. The molecule has 6 nitrogen and oxygen atoms in total. The number of amides is 1. The van der Waals surface area contributed by atoms with E-state index in [0.29, 0.717) is 16.9 Å². The lowest BCUT2D eigenvalue weighted by atomic mass is 9.72. The van der Waals surface area contributed by atoms with Gasteiger partial charge in [-0.3, -0.25) is 9.59 Å². The summed E-state index contributed by atoms with van der Waals surface area (Å²) < 4.78 is 18.9. The lowest BCUT2D eigenvalue weighted by Gasteiger charge is -2.43. The Labute approximate surface area is 168 Å². The number of aliphatic carboxylic acids is 1. The maximum absolute atomic E-state index is 13.6. The minimum absolute atomic E-state index is 0.0872. The van der Waals surface area contributed by atoms with Crippen molar-refractivity contribution in [3.05, 3.63) is 65.0 Å². The molecule has 1 aliphatic rings. The minimum Gasteiger partial charge on any atom is -0.496 e. The van der Waals surface area contributed by atoms with Crippen LogP contribution in [0.25, 0.3) is 0 Å². The molecular formula is C22H24FNO5. The van der Waals surface area contributed by atoms with Crippen LogP contribution in [-0.2, 0) is 11.2 Å². The summed E-state index contributed by atoms with van der Waals surface area (Å²) in [6.07, 6.45) is -1.13. The van der Waals surface area contributed by atoms with E-state index in [1.165, 1.54) is 30.2 Å². The molecule has 0 radical (unpaired) electrons. The second-order valence-electron chi connectivity index (χ2n) is 7.50. The summed E-state index contributed by atoms with van der Waals surface area (Å²) in [7, 11) is 1.47. The first kappa shape index (κ1) is 20.8. The molecule has 0 aromatic heterocycles. The molecule has 1 aliphatic heterocycles. The van der Waals surface area contributed by atoms with Crippen LogP contribution in [0.15, 0.2) is 42.5 Å². The predicted molar refractivity (Wildman–Crippen MR) is 104 cm³/mol. The molecule has 2 atom stereocenters. The molecule has 0 bridgehead atoms. The van der Waals surface area contributed by atoms with Gasteiger partial charge < -0.3 is 19.8 Å². The van der Waals surface area contributed by atoms with Gasteiger partial charge in [0, 0.05) is 13.1 Å². The zero-order chi connectivity index (χ0) is 21.2. The number of halogens is 1. The molecule has 3 rings (SSSR count). The third-order valence-electron chi connectivity index (χ3n) is 5.49. The second kappa shape index (κ2) is 8.21. The van der Waals surface area contributed by atoms with E-state index in [9.17, 15) is 24.2 Å². The molecule has 2 aromatic carbocycles. The van der Waals surface area contributed by atoms with Crippen LogP contribution < -0.4 is 4.74 Å². The standard InChI is InChI=1S/C22H24FNO5/c1-14-6-7-17(18(10-14)29-2)20(26)24-9-8-19(25)22(13-24,21(27)28)12-15-4-3-5-16(23)11-15/h3-7,10-11,19,25H,8-9,12-13H2,1-2H3,(H,27,28)/t19-,22+/m0/s1. The molecule has 1 fully saturated rings. The van der Waals surface area contributed by atoms with Crippen molar-refractivity contribution in [3.8, 4) is 5.75 Å². The Kier molecular flexibility index (Phi) is 5.88. The fourth-order valence-electron chi connectivity index (χ4n) is 3.87. The summed E-state index contributed by atoms with van der Waals surface area (Å²) in [5, 5.41) is 20.6. The Hall–Kier alpha value is -2.93. The molecule has 2 N–H and O–H groups in total. The summed E-state index contributed by atoms with van der Waals surface area (Å²) >= 11 is 0. The Balaban J connectivity index is 1.93. The van der Waals surface area contributed by atoms with Crippen molar-refractivity contribution in [1.82, 2.24) is 4.90 Å². The van der Waals surface area contributed by atoms with Crippen LogP contribution in [0.1, 0.15) is 27.9 Å². The number of benzene rings is 2. The fourth-order valence-corrected chi connectivity index (χ4v) is 3.87. The van der Waals surface area contributed by atoms with Gasteiger partial charge >= 0.3 is 5.97 Å². The molecule has 29 heavy (non-hydrogen) atoms. The molecule has 7 heteroatoms. The highest BCUT2D eigenvalue weighted by molar-refractivity contribution is 5.97. The van der Waals surface area contributed by atoms with E-state index < -0.39 is 23.3 Å². The van der Waals surface area contributed by atoms with E-state index in [1.807, 2.05) is 6.92 Å². The number of carbonyl (C=O) groups is 2. The molecule has 2 aromatic rings. The monoisotopic (exact) mass is 401 g/mol.